The zero-order chi connectivity index (χ0) is 14.6. The number of aryl methyl sites for hydroxylation is 2. The molecular weight excluding hydrogens is 236 g/mol. The lowest BCUT2D eigenvalue weighted by Crippen LogP contribution is -2.29. The van der Waals surface area contributed by atoms with Crippen molar-refractivity contribution in [1.82, 2.24) is 0 Å². The van der Waals surface area contributed by atoms with E-state index in [9.17, 15) is 10.2 Å². The van der Waals surface area contributed by atoms with Crippen LogP contribution < -0.4 is 0 Å². The number of hydrogen-bond acceptors (Lipinski definition) is 2. The molecule has 0 saturated heterocycles. The second-order valence-electron chi connectivity index (χ2n) is 5.48. The number of rotatable bonds is 0. The SMILES string of the molecule is CC1C=CC=CC1(C)O.Cc1cc(C)c(C)c(O)c1. The average molecular weight is 260 g/mol. The minimum absolute atomic E-state index is 0.238. The quantitative estimate of drug-likeness (QED) is 0.744. The summed E-state index contributed by atoms with van der Waals surface area (Å²) in [6, 6.07) is 3.84. The lowest BCUT2D eigenvalue weighted by Gasteiger charge is -2.26. The molecule has 2 heteroatoms. The van der Waals surface area contributed by atoms with Crippen LogP contribution in [0.5, 0.6) is 5.75 Å². The van der Waals surface area contributed by atoms with Crippen molar-refractivity contribution in [3.05, 3.63) is 53.1 Å². The molecule has 0 heterocycles. The third-order valence-corrected chi connectivity index (χ3v) is 3.65. The second kappa shape index (κ2) is 6.07. The maximum Gasteiger partial charge on any atom is 0.119 e. The first-order valence-corrected chi connectivity index (χ1v) is 6.59. The summed E-state index contributed by atoms with van der Waals surface area (Å²) in [5.41, 5.74) is 2.61. The van der Waals surface area contributed by atoms with Crippen molar-refractivity contribution >= 4 is 0 Å². The van der Waals surface area contributed by atoms with E-state index < -0.39 is 5.60 Å². The van der Waals surface area contributed by atoms with Crippen LogP contribution in [0.25, 0.3) is 0 Å². The lowest BCUT2D eigenvalue weighted by atomic mass is 9.87. The average Bonchev–Trinajstić information content (AvgIpc) is 2.30. The van der Waals surface area contributed by atoms with Crippen molar-refractivity contribution in [2.75, 3.05) is 0 Å². The Bertz CT molecular complexity index is 473. The summed E-state index contributed by atoms with van der Waals surface area (Å²) in [7, 11) is 0. The molecule has 0 spiro atoms. The first-order chi connectivity index (χ1) is 8.74. The highest BCUT2D eigenvalue weighted by Crippen LogP contribution is 2.22. The summed E-state index contributed by atoms with van der Waals surface area (Å²) in [6.45, 7) is 9.72. The first kappa shape index (κ1) is 15.5. The molecule has 19 heavy (non-hydrogen) atoms. The first-order valence-electron chi connectivity index (χ1n) is 6.59. The maximum absolute atomic E-state index is 9.50. The van der Waals surface area contributed by atoms with Gasteiger partial charge >= 0.3 is 0 Å². The van der Waals surface area contributed by atoms with Crippen LogP contribution in [0.2, 0.25) is 0 Å². The number of hydrogen-bond donors (Lipinski definition) is 2. The summed E-state index contributed by atoms with van der Waals surface area (Å²) in [4.78, 5) is 0. The van der Waals surface area contributed by atoms with Gasteiger partial charge in [0.15, 0.2) is 0 Å². The Morgan fingerprint density at radius 3 is 2.16 bits per heavy atom. The Kier molecular flexibility index (Phi) is 4.96. The highest BCUT2D eigenvalue weighted by atomic mass is 16.3. The highest BCUT2D eigenvalue weighted by molar-refractivity contribution is 5.40. The predicted octanol–water partition coefficient (Wildman–Crippen LogP) is 3.82. The van der Waals surface area contributed by atoms with E-state index in [1.165, 1.54) is 0 Å². The molecule has 104 valence electrons. The standard InChI is InChI=1S/C9H12O.C8H12O/c1-6-4-7(2)8(3)9(10)5-6;1-7-5-3-4-6-8(7,2)9/h4-5,10H,1-3H3;3-7,9H,1-2H3. The van der Waals surface area contributed by atoms with E-state index >= 15 is 0 Å². The van der Waals surface area contributed by atoms with Gasteiger partial charge in [0.25, 0.3) is 0 Å². The normalized spacial score (nSPS) is 24.8. The minimum Gasteiger partial charge on any atom is -0.508 e. The highest BCUT2D eigenvalue weighted by Gasteiger charge is 2.23. The molecule has 1 aromatic rings. The van der Waals surface area contributed by atoms with Crippen molar-refractivity contribution in [3.8, 4) is 5.75 Å². The van der Waals surface area contributed by atoms with Gasteiger partial charge in [0.1, 0.15) is 5.75 Å². The number of benzene rings is 1. The van der Waals surface area contributed by atoms with Crippen LogP contribution >= 0.6 is 0 Å². The number of aromatic hydroxyl groups is 1. The largest absolute Gasteiger partial charge is 0.508 e. The molecule has 0 aliphatic heterocycles. The van der Waals surface area contributed by atoms with E-state index in [4.69, 9.17) is 0 Å². The van der Waals surface area contributed by atoms with Gasteiger partial charge in [-0.1, -0.05) is 37.3 Å². The summed E-state index contributed by atoms with van der Waals surface area (Å²) < 4.78 is 0. The second-order valence-corrected chi connectivity index (χ2v) is 5.48. The fourth-order valence-electron chi connectivity index (χ4n) is 1.85. The predicted molar refractivity (Wildman–Crippen MR) is 80.4 cm³/mol. The lowest BCUT2D eigenvalue weighted by molar-refractivity contribution is 0.0730. The number of phenols is 1. The molecule has 0 saturated carbocycles. The monoisotopic (exact) mass is 260 g/mol. The molecule has 1 aliphatic carbocycles. The van der Waals surface area contributed by atoms with Gasteiger partial charge in [-0.15, -0.1) is 0 Å². The number of phenolic OH excluding ortho intramolecular Hbond substituents is 1. The van der Waals surface area contributed by atoms with Gasteiger partial charge in [0, 0.05) is 5.92 Å². The van der Waals surface area contributed by atoms with E-state index in [0.29, 0.717) is 5.75 Å². The smallest absolute Gasteiger partial charge is 0.119 e. The van der Waals surface area contributed by atoms with Crippen molar-refractivity contribution in [2.24, 2.45) is 5.92 Å². The Balaban J connectivity index is 0.000000191. The maximum atomic E-state index is 9.50. The Hall–Kier alpha value is -1.54. The van der Waals surface area contributed by atoms with Crippen LogP contribution in [0, 0.1) is 26.7 Å². The van der Waals surface area contributed by atoms with Crippen molar-refractivity contribution in [2.45, 2.75) is 40.2 Å². The molecule has 2 nitrogen and oxygen atoms in total. The number of aliphatic hydroxyl groups is 1. The topological polar surface area (TPSA) is 40.5 Å². The van der Waals surface area contributed by atoms with Gasteiger partial charge < -0.3 is 10.2 Å². The van der Waals surface area contributed by atoms with E-state index in [0.717, 1.165) is 16.7 Å². The fourth-order valence-corrected chi connectivity index (χ4v) is 1.85. The summed E-state index contributed by atoms with van der Waals surface area (Å²) >= 11 is 0. The zero-order valence-corrected chi connectivity index (χ0v) is 12.4. The Morgan fingerprint density at radius 2 is 1.74 bits per heavy atom. The van der Waals surface area contributed by atoms with Gasteiger partial charge in [-0.25, -0.2) is 0 Å². The molecule has 0 fully saturated rings. The molecule has 0 bridgehead atoms. The molecule has 2 N–H and O–H groups in total. The third-order valence-electron chi connectivity index (χ3n) is 3.65. The molecule has 0 radical (unpaired) electrons. The van der Waals surface area contributed by atoms with Crippen molar-refractivity contribution < 1.29 is 10.2 Å². The van der Waals surface area contributed by atoms with Crippen LogP contribution in [0.15, 0.2) is 36.4 Å². The summed E-state index contributed by atoms with van der Waals surface area (Å²) in [6.07, 6.45) is 7.65. The van der Waals surface area contributed by atoms with Gasteiger partial charge in [-0.3, -0.25) is 0 Å². The number of allylic oxidation sites excluding steroid dienone is 2. The molecule has 1 aliphatic rings. The molecule has 2 atom stereocenters. The summed E-state index contributed by atoms with van der Waals surface area (Å²) in [5, 5.41) is 18.8. The van der Waals surface area contributed by atoms with Crippen molar-refractivity contribution in [1.29, 1.82) is 0 Å². The van der Waals surface area contributed by atoms with E-state index in [1.807, 2.05) is 58.9 Å². The molecule has 0 amide bonds. The zero-order valence-electron chi connectivity index (χ0n) is 12.4. The van der Waals surface area contributed by atoms with Crippen molar-refractivity contribution in [3.63, 3.8) is 0 Å². The van der Waals surface area contributed by atoms with E-state index in [-0.39, 0.29) is 5.92 Å². The van der Waals surface area contributed by atoms with Gasteiger partial charge in [0.05, 0.1) is 5.60 Å². The van der Waals surface area contributed by atoms with Gasteiger partial charge in [0.2, 0.25) is 0 Å². The van der Waals surface area contributed by atoms with Crippen LogP contribution in [0.4, 0.5) is 0 Å². The molecule has 2 unspecified atom stereocenters. The Morgan fingerprint density at radius 1 is 1.11 bits per heavy atom. The van der Waals surface area contributed by atoms with E-state index in [1.54, 1.807) is 6.07 Å². The minimum atomic E-state index is -0.630. The van der Waals surface area contributed by atoms with Crippen LogP contribution in [0.1, 0.15) is 30.5 Å². The summed E-state index contributed by atoms with van der Waals surface area (Å²) in [5.74, 6) is 0.639. The van der Waals surface area contributed by atoms with Crippen LogP contribution in [-0.2, 0) is 0 Å². The van der Waals surface area contributed by atoms with Crippen LogP contribution in [-0.4, -0.2) is 15.8 Å². The molecule has 2 rings (SSSR count). The molecule has 0 aromatic heterocycles. The van der Waals surface area contributed by atoms with Crippen LogP contribution in [0.3, 0.4) is 0 Å². The molecular formula is C17H24O2. The Labute approximate surface area is 116 Å². The van der Waals surface area contributed by atoms with E-state index in [2.05, 4.69) is 6.07 Å². The van der Waals surface area contributed by atoms with Gasteiger partial charge in [-0.2, -0.15) is 0 Å². The fraction of sp³-hybridized carbons (Fsp3) is 0.412. The molecule has 1 aromatic carbocycles. The third kappa shape index (κ3) is 4.25. The van der Waals surface area contributed by atoms with Gasteiger partial charge in [-0.05, 0) is 50.5 Å².